The predicted octanol–water partition coefficient (Wildman–Crippen LogP) is 3.06. The monoisotopic (exact) mass is 369 g/mol. The van der Waals surface area contributed by atoms with Gasteiger partial charge in [0.25, 0.3) is 5.91 Å². The lowest BCUT2D eigenvalue weighted by Gasteiger charge is -2.41. The van der Waals surface area contributed by atoms with Crippen LogP contribution in [0.25, 0.3) is 0 Å². The van der Waals surface area contributed by atoms with E-state index in [-0.39, 0.29) is 5.91 Å². The van der Waals surface area contributed by atoms with E-state index in [1.807, 2.05) is 37.3 Å². The summed E-state index contributed by atoms with van der Waals surface area (Å²) in [6.07, 6.45) is 2.34. The molecule has 1 heterocycles. The van der Waals surface area contributed by atoms with Crippen molar-refractivity contribution < 1.29 is 9.90 Å². The molecule has 0 unspecified atom stereocenters. The number of carbonyl (C=O) groups is 1. The summed E-state index contributed by atoms with van der Waals surface area (Å²) in [7, 11) is 0. The number of carbonyl (C=O) groups excluding carboxylic acids is 1. The number of fused-ring (bicyclic) bond motifs is 1. The fraction of sp³-hybridized carbons (Fsp3) is 0.438. The highest BCUT2D eigenvalue weighted by molar-refractivity contribution is 9.11. The smallest absolute Gasteiger partial charge is 0.257 e. The Kier molecular flexibility index (Phi) is 3.67. The molecule has 3 rings (SSSR count). The first-order chi connectivity index (χ1) is 9.87. The van der Waals surface area contributed by atoms with Crippen LogP contribution in [0.3, 0.4) is 0 Å². The van der Waals surface area contributed by atoms with Crippen molar-refractivity contribution in [1.82, 2.24) is 4.90 Å². The standard InChI is InChI=1S/C16H17BrClNO2/c1-15-8-12(17)7-13(18)16(15,21)14(20)19(10-15)9-11-5-3-2-4-6-11/h2-7,13,21H,8-10H2,1H3/t13-,15+,16-/m1/s1. The Hall–Kier alpha value is -0.840. The van der Waals surface area contributed by atoms with Gasteiger partial charge in [0, 0.05) is 18.5 Å². The molecule has 1 fully saturated rings. The van der Waals surface area contributed by atoms with Crippen molar-refractivity contribution in [3.8, 4) is 0 Å². The van der Waals surface area contributed by atoms with Gasteiger partial charge in [0.1, 0.15) is 0 Å². The van der Waals surface area contributed by atoms with E-state index in [4.69, 9.17) is 11.6 Å². The molecule has 5 heteroatoms. The van der Waals surface area contributed by atoms with Gasteiger partial charge in [-0.1, -0.05) is 59.3 Å². The molecule has 1 aliphatic carbocycles. The number of benzene rings is 1. The van der Waals surface area contributed by atoms with Crippen LogP contribution in [0.1, 0.15) is 18.9 Å². The first kappa shape index (κ1) is 15.1. The zero-order chi connectivity index (χ0) is 15.3. The van der Waals surface area contributed by atoms with Gasteiger partial charge >= 0.3 is 0 Å². The molecule has 0 radical (unpaired) electrons. The Bertz CT molecular complexity index is 606. The van der Waals surface area contributed by atoms with E-state index < -0.39 is 16.4 Å². The molecule has 1 aliphatic heterocycles. The SMILES string of the molecule is C[C@@]12CC(Br)=C[C@@H](Cl)[C@@]1(O)C(=O)N(Cc1ccccc1)C2. The zero-order valence-electron chi connectivity index (χ0n) is 11.7. The number of rotatable bonds is 2. The summed E-state index contributed by atoms with van der Waals surface area (Å²) < 4.78 is 0.948. The number of hydrogen-bond donors (Lipinski definition) is 1. The van der Waals surface area contributed by atoms with Crippen LogP contribution in [-0.4, -0.2) is 33.4 Å². The van der Waals surface area contributed by atoms with Gasteiger partial charge in [-0.05, 0) is 16.5 Å². The number of amides is 1. The average molecular weight is 371 g/mol. The van der Waals surface area contributed by atoms with Gasteiger partial charge in [0.15, 0.2) is 5.60 Å². The highest BCUT2D eigenvalue weighted by Gasteiger charge is 2.65. The van der Waals surface area contributed by atoms with Crippen LogP contribution >= 0.6 is 27.5 Å². The van der Waals surface area contributed by atoms with Gasteiger partial charge in [-0.25, -0.2) is 0 Å². The largest absolute Gasteiger partial charge is 0.378 e. The third kappa shape index (κ3) is 2.24. The number of aliphatic hydroxyl groups is 1. The van der Waals surface area contributed by atoms with Crippen LogP contribution in [0.2, 0.25) is 0 Å². The number of nitrogens with zero attached hydrogens (tertiary/aromatic N) is 1. The van der Waals surface area contributed by atoms with Gasteiger partial charge in [-0.3, -0.25) is 4.79 Å². The number of allylic oxidation sites excluding steroid dienone is 1. The molecule has 2 aliphatic rings. The third-order valence-corrected chi connectivity index (χ3v) is 5.56. The first-order valence-corrected chi connectivity index (χ1v) is 8.16. The second-order valence-electron chi connectivity index (χ2n) is 6.17. The van der Waals surface area contributed by atoms with Gasteiger partial charge < -0.3 is 10.0 Å². The van der Waals surface area contributed by atoms with E-state index in [0.29, 0.717) is 19.5 Å². The molecular weight excluding hydrogens is 354 g/mol. The molecule has 0 saturated carbocycles. The summed E-state index contributed by atoms with van der Waals surface area (Å²) >= 11 is 9.77. The molecule has 1 aromatic rings. The molecular formula is C16H17BrClNO2. The van der Waals surface area contributed by atoms with Crippen molar-refractivity contribution in [2.75, 3.05) is 6.54 Å². The number of hydrogen-bond acceptors (Lipinski definition) is 2. The quantitative estimate of drug-likeness (QED) is 0.813. The Balaban J connectivity index is 1.91. The van der Waals surface area contributed by atoms with E-state index >= 15 is 0 Å². The van der Waals surface area contributed by atoms with E-state index in [0.717, 1.165) is 10.0 Å². The van der Waals surface area contributed by atoms with Gasteiger partial charge in [0.05, 0.1) is 5.38 Å². The summed E-state index contributed by atoms with van der Waals surface area (Å²) in [5.74, 6) is -0.273. The maximum Gasteiger partial charge on any atom is 0.257 e. The van der Waals surface area contributed by atoms with Gasteiger partial charge in [-0.15, -0.1) is 11.6 Å². The highest BCUT2D eigenvalue weighted by Crippen LogP contribution is 2.52. The van der Waals surface area contributed by atoms with Crippen molar-refractivity contribution in [3.05, 3.63) is 46.5 Å². The van der Waals surface area contributed by atoms with Crippen LogP contribution in [0.5, 0.6) is 0 Å². The molecule has 3 atom stereocenters. The van der Waals surface area contributed by atoms with Gasteiger partial charge in [0.2, 0.25) is 0 Å². The Morgan fingerprint density at radius 1 is 1.43 bits per heavy atom. The Morgan fingerprint density at radius 2 is 2.10 bits per heavy atom. The van der Waals surface area contributed by atoms with Crippen LogP contribution in [0, 0.1) is 5.41 Å². The molecule has 1 N–H and O–H groups in total. The maximum atomic E-state index is 12.7. The molecule has 1 saturated heterocycles. The Labute approximate surface area is 137 Å². The van der Waals surface area contributed by atoms with Crippen LogP contribution in [0.15, 0.2) is 40.9 Å². The van der Waals surface area contributed by atoms with E-state index in [2.05, 4.69) is 15.9 Å². The normalized spacial score (nSPS) is 35.6. The first-order valence-electron chi connectivity index (χ1n) is 6.93. The summed E-state index contributed by atoms with van der Waals surface area (Å²) in [6.45, 7) is 2.93. The second kappa shape index (κ2) is 5.11. The maximum absolute atomic E-state index is 12.7. The predicted molar refractivity (Wildman–Crippen MR) is 86.2 cm³/mol. The molecule has 0 aromatic heterocycles. The lowest BCUT2D eigenvalue weighted by atomic mass is 9.68. The molecule has 0 spiro atoms. The molecule has 0 bridgehead atoms. The lowest BCUT2D eigenvalue weighted by molar-refractivity contribution is -0.149. The third-order valence-electron chi connectivity index (χ3n) is 4.57. The molecule has 112 valence electrons. The minimum Gasteiger partial charge on any atom is -0.378 e. The topological polar surface area (TPSA) is 40.5 Å². The van der Waals surface area contributed by atoms with E-state index in [1.54, 1.807) is 11.0 Å². The van der Waals surface area contributed by atoms with E-state index in [1.165, 1.54) is 0 Å². The lowest BCUT2D eigenvalue weighted by Crippen LogP contribution is -2.56. The number of alkyl halides is 1. The van der Waals surface area contributed by atoms with Crippen molar-refractivity contribution in [3.63, 3.8) is 0 Å². The minimum atomic E-state index is -1.53. The molecule has 21 heavy (non-hydrogen) atoms. The average Bonchev–Trinajstić information content (AvgIpc) is 2.62. The van der Waals surface area contributed by atoms with Crippen LogP contribution in [-0.2, 0) is 11.3 Å². The Morgan fingerprint density at radius 3 is 2.76 bits per heavy atom. The van der Waals surface area contributed by atoms with Crippen LogP contribution in [0.4, 0.5) is 0 Å². The second-order valence-corrected chi connectivity index (χ2v) is 7.65. The molecule has 3 nitrogen and oxygen atoms in total. The minimum absolute atomic E-state index is 0.273. The number of halogens is 2. The van der Waals surface area contributed by atoms with Gasteiger partial charge in [-0.2, -0.15) is 0 Å². The van der Waals surface area contributed by atoms with Crippen molar-refractivity contribution in [1.29, 1.82) is 0 Å². The van der Waals surface area contributed by atoms with Crippen molar-refractivity contribution in [2.45, 2.75) is 30.9 Å². The van der Waals surface area contributed by atoms with E-state index in [9.17, 15) is 9.90 Å². The molecule has 1 amide bonds. The zero-order valence-corrected chi connectivity index (χ0v) is 14.1. The van der Waals surface area contributed by atoms with Crippen LogP contribution < -0.4 is 0 Å². The summed E-state index contributed by atoms with van der Waals surface area (Å²) in [4.78, 5) is 14.4. The number of likely N-dealkylation sites (tertiary alicyclic amines) is 1. The fourth-order valence-corrected chi connectivity index (χ4v) is 4.94. The van der Waals surface area contributed by atoms with Crippen molar-refractivity contribution in [2.24, 2.45) is 5.41 Å². The molecule has 1 aromatic carbocycles. The fourth-order valence-electron chi connectivity index (χ4n) is 3.40. The van der Waals surface area contributed by atoms with Crippen molar-refractivity contribution >= 4 is 33.4 Å². The highest BCUT2D eigenvalue weighted by atomic mass is 79.9. The summed E-state index contributed by atoms with van der Waals surface area (Å²) in [6, 6.07) is 9.80. The summed E-state index contributed by atoms with van der Waals surface area (Å²) in [5.41, 5.74) is -1.05. The summed E-state index contributed by atoms with van der Waals surface area (Å²) in [5, 5.41) is 10.3.